The fourth-order valence-corrected chi connectivity index (χ4v) is 10.4. The number of halogens is 1. The fraction of sp³-hybridized carbons (Fsp3) is 0.929. The van der Waals surface area contributed by atoms with Crippen LogP contribution < -0.4 is 0 Å². The Balaban J connectivity index is 1.39. The maximum atomic E-state index is 10.4. The molecule has 0 bridgehead atoms. The first-order valence-electron chi connectivity index (χ1n) is 13.2. The molecule has 0 saturated heterocycles. The summed E-state index contributed by atoms with van der Waals surface area (Å²) in [6.07, 6.45) is 15.0. The predicted octanol–water partition coefficient (Wildman–Crippen LogP) is 7.20. The van der Waals surface area contributed by atoms with E-state index in [9.17, 15) is 5.11 Å². The van der Waals surface area contributed by atoms with Crippen molar-refractivity contribution in [3.05, 3.63) is 10.6 Å². The highest BCUT2D eigenvalue weighted by molar-refractivity contribution is 9.11. The molecule has 10 atom stereocenters. The molecule has 5 aliphatic carbocycles. The van der Waals surface area contributed by atoms with Gasteiger partial charge in [-0.2, -0.15) is 0 Å². The molecule has 176 valence electrons. The number of hydrogen-bond acceptors (Lipinski definition) is 2. The molecule has 5 fully saturated rings. The third kappa shape index (κ3) is 3.07. The van der Waals surface area contributed by atoms with Crippen molar-refractivity contribution in [1.29, 1.82) is 0 Å². The van der Waals surface area contributed by atoms with Gasteiger partial charge >= 0.3 is 0 Å². The smallest absolute Gasteiger partial charge is 0.0638 e. The van der Waals surface area contributed by atoms with E-state index < -0.39 is 0 Å². The third-order valence-electron chi connectivity index (χ3n) is 11.9. The lowest BCUT2D eigenvalue weighted by atomic mass is 9.45. The van der Waals surface area contributed by atoms with Crippen LogP contribution >= 0.6 is 15.9 Å². The van der Waals surface area contributed by atoms with E-state index in [-0.39, 0.29) is 0 Å². The zero-order valence-corrected chi connectivity index (χ0v) is 22.1. The Bertz CT molecular complexity index is 733. The van der Waals surface area contributed by atoms with E-state index in [2.05, 4.69) is 49.7 Å². The van der Waals surface area contributed by atoms with Gasteiger partial charge in [-0.3, -0.25) is 0 Å². The molecule has 2 nitrogen and oxygen atoms in total. The molecule has 0 aliphatic heterocycles. The largest absolute Gasteiger partial charge is 0.396 e. The van der Waals surface area contributed by atoms with Gasteiger partial charge in [-0.05, 0) is 115 Å². The van der Waals surface area contributed by atoms with Crippen molar-refractivity contribution < 1.29 is 9.84 Å². The molecule has 3 heteroatoms. The van der Waals surface area contributed by atoms with Crippen molar-refractivity contribution in [3.63, 3.8) is 0 Å². The Kier molecular flexibility index (Phi) is 5.79. The second-order valence-electron chi connectivity index (χ2n) is 12.9. The minimum Gasteiger partial charge on any atom is -0.396 e. The maximum absolute atomic E-state index is 10.4. The number of hydrogen-bond donors (Lipinski definition) is 1. The molecule has 5 rings (SSSR count). The molecule has 1 spiro atoms. The zero-order chi connectivity index (χ0) is 22.2. The first-order valence-corrected chi connectivity index (χ1v) is 14.0. The summed E-state index contributed by atoms with van der Waals surface area (Å²) in [5, 5.41) is 10.4. The maximum Gasteiger partial charge on any atom is 0.0638 e. The van der Waals surface area contributed by atoms with Gasteiger partial charge in [0, 0.05) is 19.1 Å². The van der Waals surface area contributed by atoms with Gasteiger partial charge in [-0.25, -0.2) is 0 Å². The quantitative estimate of drug-likeness (QED) is 0.424. The number of aliphatic hydroxyl groups excluding tert-OH is 1. The van der Waals surface area contributed by atoms with Gasteiger partial charge in [0.2, 0.25) is 0 Å². The molecule has 5 saturated carbocycles. The Morgan fingerprint density at radius 3 is 2.55 bits per heavy atom. The number of aliphatic hydroxyl groups is 1. The Morgan fingerprint density at radius 2 is 1.90 bits per heavy atom. The summed E-state index contributed by atoms with van der Waals surface area (Å²) in [7, 11) is 1.99. The van der Waals surface area contributed by atoms with Gasteiger partial charge in [0.1, 0.15) is 0 Å². The molecular weight excluding hydrogens is 448 g/mol. The van der Waals surface area contributed by atoms with Crippen LogP contribution in [0, 0.1) is 57.7 Å². The lowest BCUT2D eigenvalue weighted by Gasteiger charge is -2.61. The van der Waals surface area contributed by atoms with Crippen molar-refractivity contribution in [2.75, 3.05) is 13.7 Å². The van der Waals surface area contributed by atoms with Crippen LogP contribution in [0.4, 0.5) is 0 Å². The van der Waals surface area contributed by atoms with Crippen molar-refractivity contribution in [2.24, 2.45) is 57.7 Å². The van der Waals surface area contributed by atoms with E-state index in [1.807, 2.05) is 7.11 Å². The average molecular weight is 494 g/mol. The Labute approximate surface area is 199 Å². The second-order valence-corrected chi connectivity index (χ2v) is 13.8. The van der Waals surface area contributed by atoms with E-state index in [0.717, 1.165) is 30.1 Å². The number of allylic oxidation sites excluding steroid dienone is 2. The highest BCUT2D eigenvalue weighted by atomic mass is 79.9. The summed E-state index contributed by atoms with van der Waals surface area (Å²) in [5.74, 6) is 5.12. The van der Waals surface area contributed by atoms with Crippen molar-refractivity contribution in [1.82, 2.24) is 0 Å². The lowest BCUT2D eigenvalue weighted by molar-refractivity contribution is -0.161. The van der Waals surface area contributed by atoms with Crippen LogP contribution in [0.2, 0.25) is 0 Å². The van der Waals surface area contributed by atoms with E-state index in [4.69, 9.17) is 4.74 Å². The van der Waals surface area contributed by atoms with Crippen molar-refractivity contribution in [2.45, 2.75) is 91.6 Å². The molecule has 0 radical (unpaired) electrons. The van der Waals surface area contributed by atoms with Crippen LogP contribution in [-0.4, -0.2) is 24.9 Å². The number of rotatable bonds is 6. The summed E-state index contributed by atoms with van der Waals surface area (Å²) in [5.41, 5.74) is 1.44. The predicted molar refractivity (Wildman–Crippen MR) is 131 cm³/mol. The van der Waals surface area contributed by atoms with Crippen molar-refractivity contribution >= 4 is 15.9 Å². The zero-order valence-electron chi connectivity index (χ0n) is 20.5. The van der Waals surface area contributed by atoms with Crippen molar-refractivity contribution in [3.8, 4) is 0 Å². The third-order valence-corrected chi connectivity index (χ3v) is 13.1. The van der Waals surface area contributed by atoms with Crippen LogP contribution in [-0.2, 0) is 4.74 Å². The molecule has 31 heavy (non-hydrogen) atoms. The number of fused-ring (bicyclic) bond motifs is 4. The van der Waals surface area contributed by atoms with Gasteiger partial charge in [0.25, 0.3) is 0 Å². The molecule has 0 aromatic heterocycles. The number of ether oxygens (including phenoxy) is 1. The number of methoxy groups -OCH3 is 1. The van der Waals surface area contributed by atoms with E-state index in [1.165, 1.54) is 55.8 Å². The summed E-state index contributed by atoms with van der Waals surface area (Å²) in [6, 6.07) is 0. The molecule has 0 heterocycles. The van der Waals surface area contributed by atoms with E-state index >= 15 is 0 Å². The highest BCUT2D eigenvalue weighted by Gasteiger charge is 2.77. The summed E-state index contributed by atoms with van der Waals surface area (Å²) in [6.45, 7) is 10.1. The van der Waals surface area contributed by atoms with Crippen LogP contribution in [0.5, 0.6) is 0 Å². The first kappa shape index (κ1) is 22.9. The van der Waals surface area contributed by atoms with Gasteiger partial charge in [0.05, 0.1) is 6.10 Å². The molecule has 0 aromatic rings. The topological polar surface area (TPSA) is 29.5 Å². The standard InChI is InChI=1S/C28H45BrO2/c1-17(2)24(29)9-6-18(16-30)21-7-8-22-20-14-25(31-5)28-15-19(28)10-13-27(28,4)23(20)11-12-26(21,22)3/h9,17-23,25,30H,6-8,10-16H2,1-5H3/b24-9-/t18-,19+,20?,21?,22-,23?,25+,26+,27+,28-/m0/s1. The summed E-state index contributed by atoms with van der Waals surface area (Å²) >= 11 is 3.76. The van der Waals surface area contributed by atoms with Gasteiger partial charge in [-0.15, -0.1) is 0 Å². The van der Waals surface area contributed by atoms with E-state index in [1.54, 1.807) is 0 Å². The highest BCUT2D eigenvalue weighted by Crippen LogP contribution is 2.82. The molecule has 3 unspecified atom stereocenters. The second kappa shape index (κ2) is 7.84. The SMILES string of the molecule is CO[C@@H]1CC2C(CC[C@]3(C)C([C@H](CO)C/C=C(\Br)C(C)C)CC[C@@H]23)[C@@]2(C)CC[C@@H]3C[C@]312. The molecule has 1 N–H and O–H groups in total. The van der Waals surface area contributed by atoms with Gasteiger partial charge in [0.15, 0.2) is 0 Å². The first-order chi connectivity index (χ1) is 14.7. The average Bonchev–Trinajstić information content (AvgIpc) is 3.26. The van der Waals surface area contributed by atoms with Gasteiger partial charge in [-0.1, -0.05) is 49.7 Å². The van der Waals surface area contributed by atoms with Crippen LogP contribution in [0.1, 0.15) is 85.5 Å². The minimum atomic E-state index is 0.332. The fourth-order valence-electron chi connectivity index (χ4n) is 10.3. The lowest BCUT2D eigenvalue weighted by Crippen LogP contribution is -2.57. The molecule has 5 aliphatic rings. The van der Waals surface area contributed by atoms with Crippen LogP contribution in [0.3, 0.4) is 0 Å². The Hall–Kier alpha value is 0.140. The van der Waals surface area contributed by atoms with Crippen LogP contribution in [0.25, 0.3) is 0 Å². The molecule has 0 amide bonds. The monoisotopic (exact) mass is 492 g/mol. The van der Waals surface area contributed by atoms with Crippen LogP contribution in [0.15, 0.2) is 10.6 Å². The Morgan fingerprint density at radius 1 is 1.13 bits per heavy atom. The minimum absolute atomic E-state index is 0.332. The van der Waals surface area contributed by atoms with Gasteiger partial charge < -0.3 is 9.84 Å². The normalized spacial score (nSPS) is 51.8. The molecular formula is C28H45BrO2. The molecule has 0 aromatic carbocycles. The van der Waals surface area contributed by atoms with E-state index in [0.29, 0.717) is 46.7 Å². The summed E-state index contributed by atoms with van der Waals surface area (Å²) in [4.78, 5) is 0. The summed E-state index contributed by atoms with van der Waals surface area (Å²) < 4.78 is 7.57.